The van der Waals surface area contributed by atoms with Crippen LogP contribution in [0.15, 0.2) is 96.7 Å². The Kier molecular flexibility index (Phi) is 4.86. The van der Waals surface area contributed by atoms with Gasteiger partial charge in [-0.2, -0.15) is 0 Å². The van der Waals surface area contributed by atoms with Crippen LogP contribution < -0.4 is 30.8 Å². The van der Waals surface area contributed by atoms with Gasteiger partial charge >= 0.3 is 0 Å². The molecule has 0 radical (unpaired) electrons. The van der Waals surface area contributed by atoms with Crippen molar-refractivity contribution in [2.75, 3.05) is 4.90 Å². The van der Waals surface area contributed by atoms with E-state index in [1.807, 2.05) is 41.5 Å². The summed E-state index contributed by atoms with van der Waals surface area (Å²) in [5, 5.41) is 0. The van der Waals surface area contributed by atoms with Crippen molar-refractivity contribution in [1.29, 1.82) is 0 Å². The van der Waals surface area contributed by atoms with E-state index < -0.39 is 63.9 Å². The van der Waals surface area contributed by atoms with Crippen LogP contribution in [-0.2, 0) is 21.7 Å². The van der Waals surface area contributed by atoms with Crippen LogP contribution in [-0.4, -0.2) is 6.71 Å². The second-order valence-corrected chi connectivity index (χ2v) is 17.3. The van der Waals surface area contributed by atoms with Crippen LogP contribution >= 0.6 is 0 Å². The Bertz CT molecular complexity index is 2640. The van der Waals surface area contributed by atoms with Crippen molar-refractivity contribution in [3.63, 3.8) is 0 Å². The van der Waals surface area contributed by atoms with Gasteiger partial charge in [0.2, 0.25) is 0 Å². The maximum Gasteiger partial charge on any atom is 0.260 e. The Morgan fingerprint density at radius 2 is 0.780 bits per heavy atom. The Morgan fingerprint density at radius 3 is 1.12 bits per heavy atom. The van der Waals surface area contributed by atoms with Crippen molar-refractivity contribution in [1.82, 2.24) is 0 Å². The summed E-state index contributed by atoms with van der Waals surface area (Å²) in [4.78, 5) is 1.12. The molecule has 50 heavy (non-hydrogen) atoms. The zero-order valence-electron chi connectivity index (χ0n) is 45.0. The fraction of sp³-hybridized carbons (Fsp3) is 0.348. The molecule has 0 saturated carbocycles. The lowest BCUT2D eigenvalue weighted by Gasteiger charge is -2.36. The molecule has 0 aromatic heterocycles. The Labute approximate surface area is 320 Å². The van der Waals surface area contributed by atoms with E-state index in [1.54, 1.807) is 41.5 Å². The monoisotopic (exact) mass is 675 g/mol. The SMILES string of the molecule is [2H]c1c([2H])c(C(C)(C)C)c([2H])c2c1Oc1cc(N(c3c([2H])c([2H])c(C(C)(C)C)c([2H])c3[2H])c3c([2H])c([2H])c(C(C)(C)C)c([2H])c3[2H])cc3c1B2c1c([2H])c(C(C)(C)C)c([2H])c([2H])c1O3. The van der Waals surface area contributed by atoms with Crippen LogP contribution in [0.4, 0.5) is 17.1 Å². The van der Waals surface area contributed by atoms with E-state index in [0.717, 1.165) is 4.90 Å². The molecule has 0 bridgehead atoms. The number of benzene rings is 5. The quantitative estimate of drug-likeness (QED) is 0.174. The first-order valence-electron chi connectivity index (χ1n) is 24.0. The molecular weight excluding hydrogens is 609 g/mol. The summed E-state index contributed by atoms with van der Waals surface area (Å²) in [6.45, 7) is 20.4. The average molecular weight is 676 g/mol. The second-order valence-electron chi connectivity index (χ2n) is 17.3. The zero-order chi connectivity index (χ0) is 48.1. The lowest BCUT2D eigenvalue weighted by atomic mass is 9.34. The third-order valence-corrected chi connectivity index (χ3v) is 8.92. The molecule has 0 N–H and O–H groups in total. The van der Waals surface area contributed by atoms with Crippen LogP contribution in [0, 0.1) is 0 Å². The Balaban J connectivity index is 1.68. The molecular formula is C46H52BNO2. The molecule has 0 amide bonds. The molecule has 0 saturated heterocycles. The first kappa shape index (κ1) is 21.1. The van der Waals surface area contributed by atoms with Gasteiger partial charge in [0.05, 0.1) is 24.9 Å². The normalized spacial score (nSPS) is 17.8. The van der Waals surface area contributed by atoms with Crippen LogP contribution in [0.2, 0.25) is 0 Å². The Hall–Kier alpha value is -4.44. The number of nitrogens with zero attached hydrogens (tertiary/aromatic N) is 1. The van der Waals surface area contributed by atoms with E-state index in [0.29, 0.717) is 0 Å². The number of hydrogen-bond acceptors (Lipinski definition) is 3. The summed E-state index contributed by atoms with van der Waals surface area (Å²) in [7, 11) is 0. The van der Waals surface area contributed by atoms with Crippen molar-refractivity contribution in [2.45, 2.75) is 105 Å². The molecule has 3 nitrogen and oxygen atoms in total. The van der Waals surface area contributed by atoms with Gasteiger partial charge in [-0.15, -0.1) is 0 Å². The predicted molar refractivity (Wildman–Crippen MR) is 214 cm³/mol. The molecule has 256 valence electrons. The van der Waals surface area contributed by atoms with Crippen molar-refractivity contribution in [3.05, 3.63) is 119 Å². The van der Waals surface area contributed by atoms with E-state index in [9.17, 15) is 16.4 Å². The topological polar surface area (TPSA) is 21.7 Å². The molecule has 7 rings (SSSR count). The van der Waals surface area contributed by atoms with E-state index in [2.05, 4.69) is 0 Å². The number of ether oxygens (including phenoxy) is 2. The van der Waals surface area contributed by atoms with Gasteiger partial charge in [0.1, 0.15) is 23.0 Å². The third kappa shape index (κ3) is 6.12. The van der Waals surface area contributed by atoms with Crippen LogP contribution in [0.25, 0.3) is 0 Å². The summed E-state index contributed by atoms with van der Waals surface area (Å²) in [5.41, 5.74) is -2.82. The smallest absolute Gasteiger partial charge is 0.260 e. The minimum absolute atomic E-state index is 0.0298. The van der Waals surface area contributed by atoms with Gasteiger partial charge in [0.15, 0.2) is 0 Å². The van der Waals surface area contributed by atoms with Crippen LogP contribution in [0.5, 0.6) is 23.0 Å². The number of fused-ring (bicyclic) bond motifs is 4. The molecule has 0 atom stereocenters. The predicted octanol–water partition coefficient (Wildman–Crippen LogP) is 11.1. The van der Waals surface area contributed by atoms with Crippen LogP contribution in [0.1, 0.15) is 125 Å². The summed E-state index contributed by atoms with van der Waals surface area (Å²) >= 11 is 0. The zero-order valence-corrected chi connectivity index (χ0v) is 31.0. The summed E-state index contributed by atoms with van der Waals surface area (Å²) in [6.07, 6.45) is 0. The summed E-state index contributed by atoms with van der Waals surface area (Å²) < 4.78 is 144. The lowest BCUT2D eigenvalue weighted by Crippen LogP contribution is -2.57. The van der Waals surface area contributed by atoms with Crippen LogP contribution in [0.3, 0.4) is 0 Å². The summed E-state index contributed by atoms with van der Waals surface area (Å²) in [6, 6.07) is -2.24. The molecule has 0 spiro atoms. The first-order valence-corrected chi connectivity index (χ1v) is 17.0. The Morgan fingerprint density at radius 1 is 0.440 bits per heavy atom. The highest BCUT2D eigenvalue weighted by molar-refractivity contribution is 6.98. The van der Waals surface area contributed by atoms with Crippen molar-refractivity contribution in [3.8, 4) is 23.0 Å². The van der Waals surface area contributed by atoms with Gasteiger partial charge in [0, 0.05) is 29.0 Å². The molecule has 5 aromatic carbocycles. The van der Waals surface area contributed by atoms with Crippen molar-refractivity contribution < 1.29 is 28.7 Å². The minimum Gasteiger partial charge on any atom is -0.458 e. The van der Waals surface area contributed by atoms with Gasteiger partial charge in [-0.3, -0.25) is 0 Å². The number of hydrogen-bond donors (Lipinski definition) is 0. The molecule has 2 heterocycles. The number of anilines is 3. The molecule has 0 fully saturated rings. The lowest BCUT2D eigenvalue weighted by molar-refractivity contribution is 0.464. The van der Waals surface area contributed by atoms with Gasteiger partial charge in [-0.05, 0) is 91.1 Å². The first-order chi connectivity index (χ1) is 29.2. The standard InChI is InChI=1S/C46H52BNO2/c1-43(2,3)29-13-19-33(20-14-29)48(34-21-15-30(16-22-34)44(4,5)6)35-27-40-42-41(28-35)50-39-24-18-32(46(10,11)12)26-37(39)47(42)36-25-31(45(7,8)9)17-23-38(36)49-40/h13-28H,1-12H3/i13D,14D,15D,16D,17D,18D,19D,20D,21D,22D,23D,24D,25D,26D. The number of rotatable bonds is 3. The fourth-order valence-electron chi connectivity index (χ4n) is 5.91. The molecule has 2 aliphatic heterocycles. The third-order valence-electron chi connectivity index (χ3n) is 8.92. The van der Waals surface area contributed by atoms with Crippen molar-refractivity contribution in [2.24, 2.45) is 0 Å². The molecule has 5 aromatic rings. The minimum atomic E-state index is -1.11. The largest absolute Gasteiger partial charge is 0.458 e. The maximum absolute atomic E-state index is 9.67. The van der Waals surface area contributed by atoms with Gasteiger partial charge in [0.25, 0.3) is 6.71 Å². The average Bonchev–Trinajstić information content (AvgIpc) is 3.14. The van der Waals surface area contributed by atoms with E-state index in [4.69, 9.17) is 12.2 Å². The van der Waals surface area contributed by atoms with Crippen molar-refractivity contribution >= 4 is 40.2 Å². The van der Waals surface area contributed by atoms with Gasteiger partial charge in [-0.1, -0.05) is 131 Å². The highest BCUT2D eigenvalue weighted by Crippen LogP contribution is 2.44. The highest BCUT2D eigenvalue weighted by atomic mass is 16.5. The molecule has 0 unspecified atom stereocenters. The molecule has 4 heteroatoms. The van der Waals surface area contributed by atoms with Gasteiger partial charge < -0.3 is 14.4 Å². The second kappa shape index (κ2) is 11.6. The highest BCUT2D eigenvalue weighted by Gasteiger charge is 2.42. The molecule has 2 aliphatic rings. The molecule has 0 aliphatic carbocycles. The van der Waals surface area contributed by atoms with E-state index in [1.165, 1.54) is 12.1 Å². The van der Waals surface area contributed by atoms with Gasteiger partial charge in [-0.25, -0.2) is 0 Å². The van der Waals surface area contributed by atoms with E-state index in [-0.39, 0.29) is 128 Å². The maximum atomic E-state index is 9.67. The summed E-state index contributed by atoms with van der Waals surface area (Å²) in [5.74, 6) is -0.395. The fourth-order valence-corrected chi connectivity index (χ4v) is 5.91. The van der Waals surface area contributed by atoms with E-state index >= 15 is 0 Å².